The summed E-state index contributed by atoms with van der Waals surface area (Å²) in [5, 5.41) is 18.4. The van der Waals surface area contributed by atoms with Gasteiger partial charge in [0, 0.05) is 12.0 Å². The van der Waals surface area contributed by atoms with Crippen LogP contribution in [0.15, 0.2) is 24.3 Å². The van der Waals surface area contributed by atoms with Crippen LogP contribution in [0.5, 0.6) is 5.75 Å². The van der Waals surface area contributed by atoms with Gasteiger partial charge in [0.05, 0.1) is 0 Å². The number of fused-ring (bicyclic) bond motifs is 1. The van der Waals surface area contributed by atoms with Crippen LogP contribution in [0.25, 0.3) is 6.08 Å². The van der Waals surface area contributed by atoms with Crippen molar-refractivity contribution in [2.24, 2.45) is 0 Å². The highest BCUT2D eigenvalue weighted by Gasteiger charge is 2.31. The SMILES string of the molecule is Oc1ccc2c(c1)C=CCC2(O)F. The van der Waals surface area contributed by atoms with Gasteiger partial charge in [-0.25, -0.2) is 4.39 Å². The summed E-state index contributed by atoms with van der Waals surface area (Å²) in [6.07, 6.45) is 3.19. The molecule has 0 spiro atoms. The molecule has 0 saturated carbocycles. The summed E-state index contributed by atoms with van der Waals surface area (Å²) in [6, 6.07) is 4.19. The molecule has 0 fully saturated rings. The van der Waals surface area contributed by atoms with Crippen molar-refractivity contribution in [2.45, 2.75) is 12.3 Å². The van der Waals surface area contributed by atoms with Gasteiger partial charge in [0.25, 0.3) is 0 Å². The van der Waals surface area contributed by atoms with Crippen LogP contribution >= 0.6 is 0 Å². The Labute approximate surface area is 74.9 Å². The molecule has 0 bridgehead atoms. The van der Waals surface area contributed by atoms with Crippen molar-refractivity contribution in [2.75, 3.05) is 0 Å². The lowest BCUT2D eigenvalue weighted by molar-refractivity contribution is -0.0931. The lowest BCUT2D eigenvalue weighted by atomic mass is 9.93. The fourth-order valence-corrected chi connectivity index (χ4v) is 1.49. The number of rotatable bonds is 0. The topological polar surface area (TPSA) is 40.5 Å². The molecule has 2 nitrogen and oxygen atoms in total. The quantitative estimate of drug-likeness (QED) is 0.640. The molecule has 0 amide bonds. The lowest BCUT2D eigenvalue weighted by Crippen LogP contribution is -2.21. The zero-order valence-corrected chi connectivity index (χ0v) is 6.87. The molecule has 1 aromatic carbocycles. The third-order valence-electron chi connectivity index (χ3n) is 2.13. The van der Waals surface area contributed by atoms with Crippen molar-refractivity contribution < 1.29 is 14.6 Å². The van der Waals surface area contributed by atoms with Crippen LogP contribution in [0.2, 0.25) is 0 Å². The minimum Gasteiger partial charge on any atom is -0.508 e. The Morgan fingerprint density at radius 3 is 2.92 bits per heavy atom. The minimum absolute atomic E-state index is 0.0369. The van der Waals surface area contributed by atoms with E-state index >= 15 is 0 Å². The molecule has 1 aliphatic rings. The van der Waals surface area contributed by atoms with Crippen LogP contribution in [-0.2, 0) is 5.85 Å². The molecule has 13 heavy (non-hydrogen) atoms. The van der Waals surface area contributed by atoms with Crippen LogP contribution in [0.1, 0.15) is 17.5 Å². The van der Waals surface area contributed by atoms with E-state index in [2.05, 4.69) is 0 Å². The second-order valence-corrected chi connectivity index (χ2v) is 3.14. The van der Waals surface area contributed by atoms with Crippen LogP contribution < -0.4 is 0 Å². The summed E-state index contributed by atoms with van der Waals surface area (Å²) in [7, 11) is 0. The van der Waals surface area contributed by atoms with Gasteiger partial charge >= 0.3 is 0 Å². The van der Waals surface area contributed by atoms with E-state index in [4.69, 9.17) is 5.11 Å². The highest BCUT2D eigenvalue weighted by Crippen LogP contribution is 2.35. The van der Waals surface area contributed by atoms with E-state index in [9.17, 15) is 9.50 Å². The van der Waals surface area contributed by atoms with Gasteiger partial charge in [0.2, 0.25) is 5.85 Å². The molecule has 2 N–H and O–H groups in total. The van der Waals surface area contributed by atoms with Crippen molar-refractivity contribution in [1.29, 1.82) is 0 Å². The number of alkyl halides is 1. The zero-order chi connectivity index (χ0) is 9.47. The Kier molecular flexibility index (Phi) is 1.63. The summed E-state index contributed by atoms with van der Waals surface area (Å²) in [4.78, 5) is 0. The second-order valence-electron chi connectivity index (χ2n) is 3.14. The molecular weight excluding hydrogens is 171 g/mol. The predicted octanol–water partition coefficient (Wildman–Crippen LogP) is 1.92. The number of hydrogen-bond acceptors (Lipinski definition) is 2. The Balaban J connectivity index is 2.61. The van der Waals surface area contributed by atoms with Gasteiger partial charge in [0.15, 0.2) is 0 Å². The lowest BCUT2D eigenvalue weighted by Gasteiger charge is -2.23. The Morgan fingerprint density at radius 2 is 2.15 bits per heavy atom. The van der Waals surface area contributed by atoms with Gasteiger partial charge in [0.1, 0.15) is 5.75 Å². The Morgan fingerprint density at radius 1 is 1.38 bits per heavy atom. The molecule has 1 aromatic rings. The predicted molar refractivity (Wildman–Crippen MR) is 46.8 cm³/mol. The van der Waals surface area contributed by atoms with Crippen LogP contribution in [0.4, 0.5) is 4.39 Å². The van der Waals surface area contributed by atoms with E-state index in [-0.39, 0.29) is 17.7 Å². The van der Waals surface area contributed by atoms with Crippen molar-refractivity contribution >= 4 is 6.08 Å². The summed E-state index contributed by atoms with van der Waals surface area (Å²) in [5.74, 6) is -2.22. The van der Waals surface area contributed by atoms with Crippen LogP contribution in [-0.4, -0.2) is 10.2 Å². The number of phenols is 1. The van der Waals surface area contributed by atoms with Gasteiger partial charge in [-0.15, -0.1) is 0 Å². The zero-order valence-electron chi connectivity index (χ0n) is 6.87. The average molecular weight is 180 g/mol. The molecule has 1 atom stereocenters. The maximum Gasteiger partial charge on any atom is 0.237 e. The molecule has 0 heterocycles. The molecule has 0 aliphatic heterocycles. The fourth-order valence-electron chi connectivity index (χ4n) is 1.49. The third kappa shape index (κ3) is 1.31. The third-order valence-corrected chi connectivity index (χ3v) is 2.13. The number of benzene rings is 1. The van der Waals surface area contributed by atoms with Gasteiger partial charge in [-0.1, -0.05) is 12.2 Å². The largest absolute Gasteiger partial charge is 0.508 e. The molecule has 68 valence electrons. The van der Waals surface area contributed by atoms with Crippen molar-refractivity contribution in [3.63, 3.8) is 0 Å². The maximum atomic E-state index is 13.4. The van der Waals surface area contributed by atoms with E-state index in [1.165, 1.54) is 18.2 Å². The van der Waals surface area contributed by atoms with Crippen molar-refractivity contribution in [1.82, 2.24) is 0 Å². The maximum absolute atomic E-state index is 13.4. The van der Waals surface area contributed by atoms with Gasteiger partial charge in [-0.05, 0) is 23.8 Å². The number of phenolic OH excluding ortho intramolecular Hbond substituents is 1. The number of halogens is 1. The smallest absolute Gasteiger partial charge is 0.237 e. The molecule has 3 heteroatoms. The number of aromatic hydroxyl groups is 1. The minimum atomic E-state index is -2.29. The van der Waals surface area contributed by atoms with E-state index in [0.29, 0.717) is 5.56 Å². The first-order valence-corrected chi connectivity index (χ1v) is 4.01. The molecule has 2 rings (SSSR count). The number of aliphatic hydroxyl groups is 1. The fraction of sp³-hybridized carbons (Fsp3) is 0.200. The summed E-state index contributed by atoms with van der Waals surface area (Å²) in [6.45, 7) is 0. The van der Waals surface area contributed by atoms with E-state index in [1.54, 1.807) is 12.2 Å². The molecule has 0 aromatic heterocycles. The monoisotopic (exact) mass is 180 g/mol. The van der Waals surface area contributed by atoms with Crippen molar-refractivity contribution in [3.05, 3.63) is 35.4 Å². The van der Waals surface area contributed by atoms with E-state index in [0.717, 1.165) is 0 Å². The molecule has 0 radical (unpaired) electrons. The molecule has 0 saturated heterocycles. The summed E-state index contributed by atoms with van der Waals surface area (Å²) >= 11 is 0. The summed E-state index contributed by atoms with van der Waals surface area (Å²) in [5.41, 5.74) is 0.740. The van der Waals surface area contributed by atoms with E-state index < -0.39 is 5.85 Å². The van der Waals surface area contributed by atoms with Crippen molar-refractivity contribution in [3.8, 4) is 5.75 Å². The highest BCUT2D eigenvalue weighted by molar-refractivity contribution is 5.59. The molecular formula is C10H9FO2. The first kappa shape index (κ1) is 8.26. The normalized spacial score (nSPS) is 25.7. The molecule has 1 aliphatic carbocycles. The first-order valence-electron chi connectivity index (χ1n) is 4.01. The standard InChI is InChI=1S/C10H9FO2/c11-10(13)5-1-2-7-6-8(12)3-4-9(7)10/h1-4,6,12-13H,5H2. The van der Waals surface area contributed by atoms with Gasteiger partial charge in [-0.2, -0.15) is 0 Å². The van der Waals surface area contributed by atoms with Crippen LogP contribution in [0, 0.1) is 0 Å². The van der Waals surface area contributed by atoms with E-state index in [1.807, 2.05) is 0 Å². The Hall–Kier alpha value is -1.35. The Bertz CT molecular complexity index is 369. The second kappa shape index (κ2) is 2.57. The summed E-state index contributed by atoms with van der Waals surface area (Å²) < 4.78 is 13.4. The number of hydrogen-bond donors (Lipinski definition) is 2. The van der Waals surface area contributed by atoms with Gasteiger partial charge < -0.3 is 10.2 Å². The highest BCUT2D eigenvalue weighted by atomic mass is 19.2. The average Bonchev–Trinajstić information content (AvgIpc) is 2.02. The van der Waals surface area contributed by atoms with Crippen LogP contribution in [0.3, 0.4) is 0 Å². The van der Waals surface area contributed by atoms with Gasteiger partial charge in [-0.3, -0.25) is 0 Å². The molecule has 1 unspecified atom stereocenters. The first-order chi connectivity index (χ1) is 6.09.